The van der Waals surface area contributed by atoms with E-state index in [2.05, 4.69) is 10.5 Å². The Hall–Kier alpha value is -2.44. The largest absolute Gasteiger partial charge is 0.493 e. The predicted octanol–water partition coefficient (Wildman–Crippen LogP) is 6.65. The average Bonchev–Trinajstić information content (AvgIpc) is 2.75. The third-order valence-corrected chi connectivity index (χ3v) is 5.63. The highest BCUT2D eigenvalue weighted by atomic mass is 35.5. The summed E-state index contributed by atoms with van der Waals surface area (Å²) in [6.07, 6.45) is 1.48. The fourth-order valence-electron chi connectivity index (χ4n) is 2.57. The molecular weight excluding hydrogens is 482 g/mol. The van der Waals surface area contributed by atoms with E-state index in [4.69, 9.17) is 55.9 Å². The summed E-state index contributed by atoms with van der Waals surface area (Å²) in [4.78, 5) is 12.2. The number of carbonyl (C=O) groups is 1. The molecule has 1 N–H and O–H groups in total. The van der Waals surface area contributed by atoms with Crippen molar-refractivity contribution < 1.29 is 14.3 Å². The van der Waals surface area contributed by atoms with Crippen LogP contribution >= 0.6 is 46.4 Å². The fourth-order valence-corrected chi connectivity index (χ4v) is 3.38. The maximum Gasteiger partial charge on any atom is 0.271 e. The van der Waals surface area contributed by atoms with E-state index in [1.807, 2.05) is 0 Å². The second-order valence-electron chi connectivity index (χ2n) is 6.23. The lowest BCUT2D eigenvalue weighted by molar-refractivity contribution is 0.0955. The summed E-state index contributed by atoms with van der Waals surface area (Å²) < 4.78 is 11.2. The smallest absolute Gasteiger partial charge is 0.271 e. The fraction of sp³-hybridized carbons (Fsp3) is 0.0909. The number of rotatable bonds is 7. The van der Waals surface area contributed by atoms with Gasteiger partial charge in [-0.25, -0.2) is 5.43 Å². The number of benzene rings is 3. The van der Waals surface area contributed by atoms with E-state index in [-0.39, 0.29) is 11.6 Å². The van der Waals surface area contributed by atoms with Crippen molar-refractivity contribution in [1.29, 1.82) is 0 Å². The highest BCUT2D eigenvalue weighted by Gasteiger charge is 2.10. The van der Waals surface area contributed by atoms with Gasteiger partial charge >= 0.3 is 0 Å². The molecule has 0 aliphatic carbocycles. The van der Waals surface area contributed by atoms with Crippen LogP contribution in [-0.2, 0) is 6.61 Å². The standard InChI is InChI=1S/C22H16Cl4N2O3/c1-30-20-8-5-13(9-21(20)31-12-15-16(23)3-2-4-17(15)24)11-27-28-22(29)14-6-7-18(25)19(26)10-14/h2-11H,12H2,1H3,(H,28,29)/b27-11-. The maximum absolute atomic E-state index is 12.2. The van der Waals surface area contributed by atoms with Crippen LogP contribution in [0.3, 0.4) is 0 Å². The molecule has 0 unspecified atom stereocenters. The van der Waals surface area contributed by atoms with Crippen LogP contribution < -0.4 is 14.9 Å². The number of carbonyl (C=O) groups excluding carboxylic acids is 1. The third kappa shape index (κ3) is 6.05. The Morgan fingerprint density at radius 3 is 2.35 bits per heavy atom. The van der Waals surface area contributed by atoms with Crippen molar-refractivity contribution in [3.63, 3.8) is 0 Å². The van der Waals surface area contributed by atoms with Gasteiger partial charge in [0.15, 0.2) is 11.5 Å². The molecule has 31 heavy (non-hydrogen) atoms. The van der Waals surface area contributed by atoms with E-state index in [1.54, 1.807) is 48.5 Å². The zero-order chi connectivity index (χ0) is 22.4. The minimum atomic E-state index is -0.423. The molecule has 0 aromatic heterocycles. The summed E-state index contributed by atoms with van der Waals surface area (Å²) in [5.74, 6) is 0.576. The van der Waals surface area contributed by atoms with Crippen molar-refractivity contribution in [1.82, 2.24) is 5.43 Å². The molecular formula is C22H16Cl4N2O3. The van der Waals surface area contributed by atoms with Crippen LogP contribution in [0.5, 0.6) is 11.5 Å². The summed E-state index contributed by atoms with van der Waals surface area (Å²) in [6.45, 7) is 0.156. The van der Waals surface area contributed by atoms with Gasteiger partial charge in [0, 0.05) is 21.2 Å². The number of hydrogen-bond donors (Lipinski definition) is 1. The average molecular weight is 498 g/mol. The van der Waals surface area contributed by atoms with E-state index in [9.17, 15) is 4.79 Å². The molecule has 0 heterocycles. The summed E-state index contributed by atoms with van der Waals surface area (Å²) in [7, 11) is 1.54. The minimum Gasteiger partial charge on any atom is -0.493 e. The number of nitrogens with zero attached hydrogens (tertiary/aromatic N) is 1. The van der Waals surface area contributed by atoms with Crippen LogP contribution in [0.15, 0.2) is 59.7 Å². The van der Waals surface area contributed by atoms with Gasteiger partial charge in [0.1, 0.15) is 6.61 Å². The molecule has 3 rings (SSSR count). The first-order valence-electron chi connectivity index (χ1n) is 8.91. The first-order valence-corrected chi connectivity index (χ1v) is 10.4. The molecule has 0 spiro atoms. The first-order chi connectivity index (χ1) is 14.9. The van der Waals surface area contributed by atoms with Crippen LogP contribution in [0.4, 0.5) is 0 Å². The van der Waals surface area contributed by atoms with Crippen molar-refractivity contribution in [2.45, 2.75) is 6.61 Å². The summed E-state index contributed by atoms with van der Waals surface area (Å²) in [6, 6.07) is 15.0. The third-order valence-electron chi connectivity index (χ3n) is 4.18. The predicted molar refractivity (Wildman–Crippen MR) is 125 cm³/mol. The van der Waals surface area contributed by atoms with Crippen molar-refractivity contribution in [2.24, 2.45) is 5.10 Å². The van der Waals surface area contributed by atoms with Crippen molar-refractivity contribution in [2.75, 3.05) is 7.11 Å². The molecule has 160 valence electrons. The topological polar surface area (TPSA) is 59.9 Å². The second kappa shape index (κ2) is 10.7. The lowest BCUT2D eigenvalue weighted by Gasteiger charge is -2.13. The van der Waals surface area contributed by atoms with Gasteiger partial charge in [-0.15, -0.1) is 0 Å². The highest BCUT2D eigenvalue weighted by Crippen LogP contribution is 2.31. The van der Waals surface area contributed by atoms with Crippen molar-refractivity contribution in [3.05, 3.63) is 91.4 Å². The molecule has 3 aromatic carbocycles. The molecule has 0 radical (unpaired) electrons. The molecule has 1 amide bonds. The Kier molecular flexibility index (Phi) is 8.04. The van der Waals surface area contributed by atoms with E-state index < -0.39 is 5.91 Å². The lowest BCUT2D eigenvalue weighted by atomic mass is 10.2. The number of methoxy groups -OCH3 is 1. The lowest BCUT2D eigenvalue weighted by Crippen LogP contribution is -2.17. The quantitative estimate of drug-likeness (QED) is 0.293. The monoisotopic (exact) mass is 496 g/mol. The Bertz CT molecular complexity index is 1120. The molecule has 0 bridgehead atoms. The molecule has 5 nitrogen and oxygen atoms in total. The Labute approximate surface area is 199 Å². The van der Waals surface area contributed by atoms with Crippen LogP contribution in [0.25, 0.3) is 0 Å². The van der Waals surface area contributed by atoms with Gasteiger partial charge in [-0.1, -0.05) is 52.5 Å². The number of hydrazone groups is 1. The van der Waals surface area contributed by atoms with Gasteiger partial charge < -0.3 is 9.47 Å². The van der Waals surface area contributed by atoms with E-state index in [0.29, 0.717) is 43.3 Å². The number of amides is 1. The van der Waals surface area contributed by atoms with Gasteiger partial charge in [0.05, 0.1) is 23.4 Å². The molecule has 0 aliphatic heterocycles. The number of hydrogen-bond acceptors (Lipinski definition) is 4. The van der Waals surface area contributed by atoms with Gasteiger partial charge in [-0.3, -0.25) is 4.79 Å². The van der Waals surface area contributed by atoms with Crippen LogP contribution in [0.1, 0.15) is 21.5 Å². The van der Waals surface area contributed by atoms with E-state index in [1.165, 1.54) is 19.4 Å². The molecule has 0 atom stereocenters. The van der Waals surface area contributed by atoms with Gasteiger partial charge in [-0.2, -0.15) is 5.10 Å². The van der Waals surface area contributed by atoms with Gasteiger partial charge in [0.25, 0.3) is 5.91 Å². The zero-order valence-corrected chi connectivity index (χ0v) is 19.2. The number of ether oxygens (including phenoxy) is 2. The molecule has 0 fully saturated rings. The number of halogens is 4. The molecule has 0 saturated carbocycles. The van der Waals surface area contributed by atoms with E-state index in [0.717, 1.165) is 0 Å². The molecule has 9 heteroatoms. The zero-order valence-electron chi connectivity index (χ0n) is 16.2. The normalized spacial score (nSPS) is 10.9. The van der Waals surface area contributed by atoms with Gasteiger partial charge in [0.2, 0.25) is 0 Å². The van der Waals surface area contributed by atoms with Crippen LogP contribution in [0.2, 0.25) is 20.1 Å². The van der Waals surface area contributed by atoms with Crippen molar-refractivity contribution in [3.8, 4) is 11.5 Å². The molecule has 0 saturated heterocycles. The van der Waals surface area contributed by atoms with Crippen LogP contribution in [0, 0.1) is 0 Å². The second-order valence-corrected chi connectivity index (χ2v) is 7.86. The Morgan fingerprint density at radius 1 is 0.935 bits per heavy atom. The summed E-state index contributed by atoms with van der Waals surface area (Å²) in [5, 5.41) is 5.64. The highest BCUT2D eigenvalue weighted by molar-refractivity contribution is 6.42. The minimum absolute atomic E-state index is 0.156. The summed E-state index contributed by atoms with van der Waals surface area (Å²) in [5.41, 5.74) is 4.12. The molecule has 3 aromatic rings. The summed E-state index contributed by atoms with van der Waals surface area (Å²) >= 11 is 24.2. The number of nitrogens with one attached hydrogen (secondary N) is 1. The SMILES string of the molecule is COc1ccc(/C=N\NC(=O)c2ccc(Cl)c(Cl)c2)cc1OCc1c(Cl)cccc1Cl. The first kappa shape index (κ1) is 23.2. The Balaban J connectivity index is 1.70. The van der Waals surface area contributed by atoms with Gasteiger partial charge in [-0.05, 0) is 54.1 Å². The maximum atomic E-state index is 12.2. The Morgan fingerprint density at radius 2 is 1.68 bits per heavy atom. The van der Waals surface area contributed by atoms with Crippen LogP contribution in [-0.4, -0.2) is 19.2 Å². The molecule has 0 aliphatic rings. The van der Waals surface area contributed by atoms with E-state index >= 15 is 0 Å². The van der Waals surface area contributed by atoms with Crippen molar-refractivity contribution >= 4 is 58.5 Å².